The normalized spacial score (nSPS) is 13.9. The van der Waals surface area contributed by atoms with Gasteiger partial charge in [0.25, 0.3) is 5.91 Å². The van der Waals surface area contributed by atoms with E-state index >= 15 is 0 Å². The Kier molecular flexibility index (Phi) is 5.73. The smallest absolute Gasteiger partial charge is 0.251 e. The lowest BCUT2D eigenvalue weighted by Gasteiger charge is -2.23. The number of amides is 1. The topological polar surface area (TPSA) is 47.6 Å². The van der Waals surface area contributed by atoms with Crippen molar-refractivity contribution in [3.05, 3.63) is 59.2 Å². The zero-order valence-electron chi connectivity index (χ0n) is 16.7. The van der Waals surface area contributed by atoms with Crippen LogP contribution in [0.25, 0.3) is 0 Å². The fourth-order valence-corrected chi connectivity index (χ4v) is 2.99. The number of carbonyl (C=O) groups is 1. The third-order valence-electron chi connectivity index (χ3n) is 4.61. The highest BCUT2D eigenvalue weighted by molar-refractivity contribution is 5.95. The van der Waals surface area contributed by atoms with Crippen LogP contribution in [0, 0.1) is 0 Å². The summed E-state index contributed by atoms with van der Waals surface area (Å²) >= 11 is 0. The third-order valence-corrected chi connectivity index (χ3v) is 4.61. The summed E-state index contributed by atoms with van der Waals surface area (Å²) in [7, 11) is 0. The van der Waals surface area contributed by atoms with E-state index in [9.17, 15) is 4.79 Å². The summed E-state index contributed by atoms with van der Waals surface area (Å²) in [5, 5.41) is 3.03. The molecule has 1 fully saturated rings. The highest BCUT2D eigenvalue weighted by Crippen LogP contribution is 2.32. The van der Waals surface area contributed by atoms with Crippen LogP contribution in [-0.2, 0) is 12.0 Å². The molecule has 144 valence electrons. The van der Waals surface area contributed by atoms with Crippen molar-refractivity contribution < 1.29 is 14.3 Å². The van der Waals surface area contributed by atoms with Gasteiger partial charge in [0, 0.05) is 17.2 Å². The van der Waals surface area contributed by atoms with Gasteiger partial charge in [0.1, 0.15) is 18.1 Å². The van der Waals surface area contributed by atoms with Gasteiger partial charge >= 0.3 is 0 Å². The van der Waals surface area contributed by atoms with Gasteiger partial charge < -0.3 is 14.8 Å². The van der Waals surface area contributed by atoms with Crippen molar-refractivity contribution in [3.63, 3.8) is 0 Å². The number of para-hydroxylation sites is 1. The maximum absolute atomic E-state index is 12.4. The number of carbonyl (C=O) groups excluding carboxylic acids is 1. The Labute approximate surface area is 161 Å². The van der Waals surface area contributed by atoms with Crippen molar-refractivity contribution >= 4 is 5.91 Å². The number of benzene rings is 2. The minimum Gasteiger partial charge on any atom is -0.493 e. The molecule has 0 bridgehead atoms. The van der Waals surface area contributed by atoms with Gasteiger partial charge in [-0.3, -0.25) is 4.79 Å². The molecular formula is C23H29NO3. The van der Waals surface area contributed by atoms with Crippen molar-refractivity contribution in [3.8, 4) is 11.5 Å². The standard InChI is InChI=1S/C23H29NO3/c1-5-26-20-13-10-16(22(25)24-18-11-12-18)14-17(20)15-27-21-9-7-6-8-19(21)23(2,3)4/h6-10,13-14,18H,5,11-12,15H2,1-4H3,(H,24,25). The average molecular weight is 367 g/mol. The fraction of sp³-hybridized carbons (Fsp3) is 0.435. The Hall–Kier alpha value is -2.49. The van der Waals surface area contributed by atoms with E-state index in [4.69, 9.17) is 9.47 Å². The summed E-state index contributed by atoms with van der Waals surface area (Å²) in [5.41, 5.74) is 2.67. The predicted molar refractivity (Wildman–Crippen MR) is 108 cm³/mol. The van der Waals surface area contributed by atoms with E-state index in [1.807, 2.05) is 43.3 Å². The molecule has 2 aromatic carbocycles. The van der Waals surface area contributed by atoms with Crippen LogP contribution >= 0.6 is 0 Å². The lowest BCUT2D eigenvalue weighted by atomic mass is 9.86. The largest absolute Gasteiger partial charge is 0.493 e. The van der Waals surface area contributed by atoms with E-state index in [1.165, 1.54) is 0 Å². The molecule has 1 aliphatic rings. The first-order valence-electron chi connectivity index (χ1n) is 9.67. The van der Waals surface area contributed by atoms with Gasteiger partial charge in [0.05, 0.1) is 6.61 Å². The minimum atomic E-state index is -0.0307. The molecule has 1 amide bonds. The van der Waals surface area contributed by atoms with Crippen LogP contribution in [-0.4, -0.2) is 18.6 Å². The van der Waals surface area contributed by atoms with Crippen LogP contribution in [0.15, 0.2) is 42.5 Å². The van der Waals surface area contributed by atoms with Crippen LogP contribution in [0.5, 0.6) is 11.5 Å². The summed E-state index contributed by atoms with van der Waals surface area (Å²) < 4.78 is 11.9. The second-order valence-corrected chi connectivity index (χ2v) is 8.04. The Morgan fingerprint density at radius 1 is 1.07 bits per heavy atom. The van der Waals surface area contributed by atoms with Gasteiger partial charge in [-0.05, 0) is 55.0 Å². The van der Waals surface area contributed by atoms with Crippen LogP contribution in [0.1, 0.15) is 62.0 Å². The minimum absolute atomic E-state index is 0.00859. The molecule has 27 heavy (non-hydrogen) atoms. The van der Waals surface area contributed by atoms with Crippen molar-refractivity contribution in [2.45, 2.75) is 58.6 Å². The number of ether oxygens (including phenoxy) is 2. The van der Waals surface area contributed by atoms with Gasteiger partial charge in [0.2, 0.25) is 0 Å². The first-order chi connectivity index (χ1) is 12.9. The van der Waals surface area contributed by atoms with E-state index in [2.05, 4.69) is 32.2 Å². The summed E-state index contributed by atoms with van der Waals surface area (Å²) in [5.74, 6) is 1.59. The van der Waals surface area contributed by atoms with E-state index in [-0.39, 0.29) is 11.3 Å². The molecule has 4 nitrogen and oxygen atoms in total. The summed E-state index contributed by atoms with van der Waals surface area (Å²) in [4.78, 5) is 12.4. The molecule has 2 aromatic rings. The van der Waals surface area contributed by atoms with E-state index in [0.717, 1.165) is 35.5 Å². The highest BCUT2D eigenvalue weighted by atomic mass is 16.5. The molecule has 1 N–H and O–H groups in total. The second kappa shape index (κ2) is 8.03. The number of nitrogens with one attached hydrogen (secondary N) is 1. The molecule has 0 aromatic heterocycles. The van der Waals surface area contributed by atoms with Gasteiger partial charge in [-0.2, -0.15) is 0 Å². The first-order valence-corrected chi connectivity index (χ1v) is 9.67. The molecule has 0 aliphatic heterocycles. The molecule has 0 radical (unpaired) electrons. The Balaban J connectivity index is 1.81. The van der Waals surface area contributed by atoms with Crippen LogP contribution in [0.2, 0.25) is 0 Å². The molecule has 1 aliphatic carbocycles. The van der Waals surface area contributed by atoms with E-state index in [0.29, 0.717) is 24.8 Å². The number of hydrogen-bond acceptors (Lipinski definition) is 3. The molecule has 0 unspecified atom stereocenters. The maximum Gasteiger partial charge on any atom is 0.251 e. The summed E-state index contributed by atoms with van der Waals surface area (Å²) in [6.07, 6.45) is 2.14. The predicted octanol–water partition coefficient (Wildman–Crippen LogP) is 4.85. The average Bonchev–Trinajstić information content (AvgIpc) is 3.44. The molecular weight excluding hydrogens is 338 g/mol. The monoisotopic (exact) mass is 367 g/mol. The molecule has 0 spiro atoms. The SMILES string of the molecule is CCOc1ccc(C(=O)NC2CC2)cc1COc1ccccc1C(C)(C)C. The van der Waals surface area contributed by atoms with Crippen molar-refractivity contribution in [2.24, 2.45) is 0 Å². The Morgan fingerprint density at radius 2 is 1.81 bits per heavy atom. The summed E-state index contributed by atoms with van der Waals surface area (Å²) in [6.45, 7) is 9.39. The second-order valence-electron chi connectivity index (χ2n) is 8.04. The van der Waals surface area contributed by atoms with Crippen LogP contribution < -0.4 is 14.8 Å². The van der Waals surface area contributed by atoms with Gasteiger partial charge in [-0.25, -0.2) is 0 Å². The van der Waals surface area contributed by atoms with Crippen LogP contribution in [0.4, 0.5) is 0 Å². The molecule has 1 saturated carbocycles. The highest BCUT2D eigenvalue weighted by Gasteiger charge is 2.24. The molecule has 0 atom stereocenters. The number of hydrogen-bond donors (Lipinski definition) is 1. The lowest BCUT2D eigenvalue weighted by Crippen LogP contribution is -2.25. The molecule has 4 heteroatoms. The van der Waals surface area contributed by atoms with Crippen molar-refractivity contribution in [1.82, 2.24) is 5.32 Å². The van der Waals surface area contributed by atoms with Gasteiger partial charge in [0.15, 0.2) is 0 Å². The quantitative estimate of drug-likeness (QED) is 0.761. The molecule has 3 rings (SSSR count). The molecule has 0 heterocycles. The van der Waals surface area contributed by atoms with E-state index < -0.39 is 0 Å². The Morgan fingerprint density at radius 3 is 2.48 bits per heavy atom. The zero-order chi connectivity index (χ0) is 19.4. The van der Waals surface area contributed by atoms with Crippen molar-refractivity contribution in [1.29, 1.82) is 0 Å². The Bertz CT molecular complexity index is 804. The lowest BCUT2D eigenvalue weighted by molar-refractivity contribution is 0.0951. The van der Waals surface area contributed by atoms with Crippen molar-refractivity contribution in [2.75, 3.05) is 6.61 Å². The fourth-order valence-electron chi connectivity index (χ4n) is 2.99. The first kappa shape index (κ1) is 19.3. The van der Waals surface area contributed by atoms with Gasteiger partial charge in [-0.1, -0.05) is 39.0 Å². The number of rotatable bonds is 7. The van der Waals surface area contributed by atoms with Crippen LogP contribution in [0.3, 0.4) is 0 Å². The van der Waals surface area contributed by atoms with Gasteiger partial charge in [-0.15, -0.1) is 0 Å². The van der Waals surface area contributed by atoms with E-state index in [1.54, 1.807) is 0 Å². The maximum atomic E-state index is 12.4. The summed E-state index contributed by atoms with van der Waals surface area (Å²) in [6, 6.07) is 14.0. The molecule has 0 saturated heterocycles. The third kappa shape index (κ3) is 5.03. The zero-order valence-corrected chi connectivity index (χ0v) is 16.7.